The lowest BCUT2D eigenvalue weighted by atomic mass is 10.0. The molecule has 2 aliphatic rings. The molecule has 0 aliphatic carbocycles. The molecule has 0 saturated carbocycles. The van der Waals surface area contributed by atoms with Gasteiger partial charge >= 0.3 is 0 Å². The summed E-state index contributed by atoms with van der Waals surface area (Å²) >= 11 is 0. The summed E-state index contributed by atoms with van der Waals surface area (Å²) < 4.78 is 16.9. The van der Waals surface area contributed by atoms with Crippen LogP contribution < -0.4 is 10.5 Å². The van der Waals surface area contributed by atoms with E-state index < -0.39 is 0 Å². The minimum atomic E-state index is 0.0727. The van der Waals surface area contributed by atoms with Crippen LogP contribution >= 0.6 is 0 Å². The number of aromatic nitrogens is 2. The molecule has 0 bridgehead atoms. The highest BCUT2D eigenvalue weighted by atomic mass is 16.5. The number of aliphatic imine (C=N–C) groups is 1. The van der Waals surface area contributed by atoms with Crippen molar-refractivity contribution in [3.05, 3.63) is 54.0 Å². The lowest BCUT2D eigenvalue weighted by molar-refractivity contribution is 0.0254. The Balaban J connectivity index is 1.34. The molecule has 0 radical (unpaired) electrons. The van der Waals surface area contributed by atoms with Crippen molar-refractivity contribution in [3.63, 3.8) is 0 Å². The van der Waals surface area contributed by atoms with Gasteiger partial charge in [0, 0.05) is 79.4 Å². The van der Waals surface area contributed by atoms with Crippen molar-refractivity contribution in [2.24, 2.45) is 10.7 Å². The fraction of sp³-hybridized carbons (Fsp3) is 0.393. The van der Waals surface area contributed by atoms with Crippen molar-refractivity contribution < 1.29 is 14.2 Å². The monoisotopic (exact) mass is 500 g/mol. The molecule has 2 fully saturated rings. The van der Waals surface area contributed by atoms with Crippen LogP contribution in [0.4, 0.5) is 0 Å². The molecule has 2 aliphatic heterocycles. The SMILES string of the molecule is N#Cc1cc(-c2c[nH]c3ncc(/C(C=NCCN4CCOCC4)=C/N)cc23)ccc1OC1CCOCC1. The topological polar surface area (TPSA) is 122 Å². The molecule has 2 saturated heterocycles. The second kappa shape index (κ2) is 12.0. The van der Waals surface area contributed by atoms with Gasteiger partial charge < -0.3 is 24.9 Å². The van der Waals surface area contributed by atoms with Crippen molar-refractivity contribution in [3.8, 4) is 22.9 Å². The van der Waals surface area contributed by atoms with Gasteiger partial charge in [0.15, 0.2) is 0 Å². The van der Waals surface area contributed by atoms with Gasteiger partial charge in [0.25, 0.3) is 0 Å². The average molecular weight is 501 g/mol. The van der Waals surface area contributed by atoms with E-state index in [9.17, 15) is 5.26 Å². The Hall–Kier alpha value is -3.71. The Kier molecular flexibility index (Phi) is 8.11. The Morgan fingerprint density at radius 2 is 2.03 bits per heavy atom. The lowest BCUT2D eigenvalue weighted by Crippen LogP contribution is -2.37. The number of hydrogen-bond acceptors (Lipinski definition) is 8. The molecule has 0 unspecified atom stereocenters. The number of allylic oxidation sites excluding steroid dienone is 1. The van der Waals surface area contributed by atoms with E-state index in [1.54, 1.807) is 12.4 Å². The average Bonchev–Trinajstić information content (AvgIpc) is 3.38. The number of aromatic amines is 1. The van der Waals surface area contributed by atoms with E-state index in [2.05, 4.69) is 32.0 Å². The van der Waals surface area contributed by atoms with Crippen LogP contribution in [-0.4, -0.2) is 79.8 Å². The predicted octanol–water partition coefficient (Wildman–Crippen LogP) is 3.36. The summed E-state index contributed by atoms with van der Waals surface area (Å²) in [6.07, 6.45) is 8.81. The number of nitrogens with one attached hydrogen (secondary N) is 1. The van der Waals surface area contributed by atoms with E-state index in [4.69, 9.17) is 19.9 Å². The molecule has 3 aromatic rings. The molecule has 37 heavy (non-hydrogen) atoms. The van der Waals surface area contributed by atoms with Crippen LogP contribution in [0, 0.1) is 11.3 Å². The summed E-state index contributed by atoms with van der Waals surface area (Å²) in [6.45, 7) is 6.42. The number of morpholine rings is 1. The summed E-state index contributed by atoms with van der Waals surface area (Å²) in [4.78, 5) is 14.8. The number of nitrogens with two attached hydrogens (primary N) is 1. The number of nitrogens with zero attached hydrogens (tertiary/aromatic N) is 4. The normalized spacial score (nSPS) is 17.9. The Labute approximate surface area is 216 Å². The molecule has 0 atom stereocenters. The van der Waals surface area contributed by atoms with E-state index in [-0.39, 0.29) is 6.10 Å². The first-order valence-electron chi connectivity index (χ1n) is 12.7. The number of pyridine rings is 1. The highest BCUT2D eigenvalue weighted by molar-refractivity contribution is 6.11. The van der Waals surface area contributed by atoms with Gasteiger partial charge in [-0.3, -0.25) is 9.89 Å². The van der Waals surface area contributed by atoms with Crippen molar-refractivity contribution in [1.29, 1.82) is 5.26 Å². The highest BCUT2D eigenvalue weighted by Gasteiger charge is 2.18. The molecule has 2 aromatic heterocycles. The van der Waals surface area contributed by atoms with Gasteiger partial charge in [-0.2, -0.15) is 5.26 Å². The third-order valence-corrected chi connectivity index (χ3v) is 6.80. The first kappa shape index (κ1) is 25.0. The first-order valence-corrected chi connectivity index (χ1v) is 12.7. The Morgan fingerprint density at radius 1 is 1.22 bits per heavy atom. The Bertz CT molecular complexity index is 1310. The fourth-order valence-corrected chi connectivity index (χ4v) is 4.66. The van der Waals surface area contributed by atoms with Crippen LogP contribution in [0.5, 0.6) is 5.75 Å². The number of rotatable bonds is 8. The number of hydrogen-bond donors (Lipinski definition) is 2. The molecule has 0 spiro atoms. The highest BCUT2D eigenvalue weighted by Crippen LogP contribution is 2.33. The van der Waals surface area contributed by atoms with Gasteiger partial charge in [0.1, 0.15) is 23.6 Å². The number of ether oxygens (including phenoxy) is 3. The van der Waals surface area contributed by atoms with Crippen LogP contribution in [0.3, 0.4) is 0 Å². The van der Waals surface area contributed by atoms with E-state index in [0.717, 1.165) is 79.0 Å². The molecular weight excluding hydrogens is 468 g/mol. The molecule has 1 aromatic carbocycles. The minimum Gasteiger partial charge on any atom is -0.489 e. The molecule has 3 N–H and O–H groups in total. The number of nitriles is 1. The van der Waals surface area contributed by atoms with Crippen LogP contribution in [-0.2, 0) is 9.47 Å². The van der Waals surface area contributed by atoms with Crippen LogP contribution in [0.2, 0.25) is 0 Å². The second-order valence-electron chi connectivity index (χ2n) is 9.19. The molecular formula is C28H32N6O3. The van der Waals surface area contributed by atoms with Gasteiger partial charge in [-0.1, -0.05) is 6.07 Å². The second-order valence-corrected chi connectivity index (χ2v) is 9.19. The fourth-order valence-electron chi connectivity index (χ4n) is 4.66. The number of benzene rings is 1. The third-order valence-electron chi connectivity index (χ3n) is 6.80. The predicted molar refractivity (Wildman–Crippen MR) is 143 cm³/mol. The lowest BCUT2D eigenvalue weighted by Gasteiger charge is -2.25. The molecule has 9 heteroatoms. The van der Waals surface area contributed by atoms with Crippen molar-refractivity contribution >= 4 is 22.8 Å². The Morgan fingerprint density at radius 3 is 2.81 bits per heavy atom. The van der Waals surface area contributed by atoms with Crippen LogP contribution in [0.25, 0.3) is 27.7 Å². The summed E-state index contributed by atoms with van der Waals surface area (Å²) in [7, 11) is 0. The zero-order chi connectivity index (χ0) is 25.5. The maximum absolute atomic E-state index is 9.80. The van der Waals surface area contributed by atoms with Crippen molar-refractivity contribution in [1.82, 2.24) is 14.9 Å². The first-order chi connectivity index (χ1) is 18.2. The van der Waals surface area contributed by atoms with E-state index >= 15 is 0 Å². The molecule has 192 valence electrons. The van der Waals surface area contributed by atoms with Gasteiger partial charge in [0.05, 0.1) is 38.5 Å². The van der Waals surface area contributed by atoms with E-state index in [1.807, 2.05) is 30.6 Å². The van der Waals surface area contributed by atoms with Gasteiger partial charge in [-0.05, 0) is 23.8 Å². The zero-order valence-corrected chi connectivity index (χ0v) is 20.9. The van der Waals surface area contributed by atoms with Crippen LogP contribution in [0.1, 0.15) is 24.0 Å². The van der Waals surface area contributed by atoms with Gasteiger partial charge in [-0.15, -0.1) is 0 Å². The molecule has 0 amide bonds. The minimum absolute atomic E-state index is 0.0727. The smallest absolute Gasteiger partial charge is 0.137 e. The number of H-pyrrole nitrogens is 1. The third kappa shape index (κ3) is 6.00. The van der Waals surface area contributed by atoms with Gasteiger partial charge in [0.2, 0.25) is 0 Å². The van der Waals surface area contributed by atoms with E-state index in [1.165, 1.54) is 0 Å². The zero-order valence-electron chi connectivity index (χ0n) is 20.9. The summed E-state index contributed by atoms with van der Waals surface area (Å²) in [5.41, 5.74) is 10.8. The molecule has 9 nitrogen and oxygen atoms in total. The van der Waals surface area contributed by atoms with Gasteiger partial charge in [-0.25, -0.2) is 4.98 Å². The maximum Gasteiger partial charge on any atom is 0.137 e. The molecule has 4 heterocycles. The quantitative estimate of drug-likeness (QED) is 0.455. The summed E-state index contributed by atoms with van der Waals surface area (Å²) in [5.74, 6) is 0.610. The van der Waals surface area contributed by atoms with Crippen molar-refractivity contribution in [2.45, 2.75) is 18.9 Å². The van der Waals surface area contributed by atoms with Crippen molar-refractivity contribution in [2.75, 3.05) is 52.6 Å². The summed E-state index contributed by atoms with van der Waals surface area (Å²) in [6, 6.07) is 10.1. The molecule has 5 rings (SSSR count). The maximum atomic E-state index is 9.80. The number of fused-ring (bicyclic) bond motifs is 1. The largest absolute Gasteiger partial charge is 0.489 e. The van der Waals surface area contributed by atoms with Crippen LogP contribution in [0.15, 0.2) is 47.9 Å². The van der Waals surface area contributed by atoms with E-state index in [0.29, 0.717) is 31.1 Å². The summed E-state index contributed by atoms with van der Waals surface area (Å²) in [5, 5.41) is 10.7. The standard InChI is InChI=1S/C28H32N6O3/c29-15-21-13-20(1-2-27(21)37-24-3-9-35-10-4-24)26-19-33-28-25(26)14-22(18-32-28)23(16-30)17-31-5-6-34-7-11-36-12-8-34/h1-2,13-14,16-19,24H,3-12,30H2,(H,32,33)/b23-16+,31-17?.